The average Bonchev–Trinajstić information content (AvgIpc) is 2.83. The monoisotopic (exact) mass is 309 g/mol. The van der Waals surface area contributed by atoms with Gasteiger partial charge in [-0.1, -0.05) is 17.4 Å². The van der Waals surface area contributed by atoms with Crippen LogP contribution in [0.2, 0.25) is 0 Å². The third-order valence-corrected chi connectivity index (χ3v) is 4.42. The van der Waals surface area contributed by atoms with Gasteiger partial charge in [0.2, 0.25) is 5.91 Å². The van der Waals surface area contributed by atoms with Crippen LogP contribution in [0.1, 0.15) is 29.7 Å². The van der Waals surface area contributed by atoms with Gasteiger partial charge in [0.05, 0.1) is 4.88 Å². The second-order valence-corrected chi connectivity index (χ2v) is 5.77. The molecule has 1 aromatic heterocycles. The maximum atomic E-state index is 13.4. The van der Waals surface area contributed by atoms with E-state index >= 15 is 0 Å². The Labute approximate surface area is 124 Å². The maximum absolute atomic E-state index is 13.4. The first-order valence-electron chi connectivity index (χ1n) is 6.58. The summed E-state index contributed by atoms with van der Waals surface area (Å²) in [5.74, 6) is -1.77. The maximum Gasteiger partial charge on any atom is 0.226 e. The predicted molar refractivity (Wildman–Crippen MR) is 77.7 cm³/mol. The molecule has 4 nitrogen and oxygen atoms in total. The van der Waals surface area contributed by atoms with Crippen LogP contribution in [0.3, 0.4) is 0 Å². The largest absolute Gasteiger partial charge is 0.362 e. The van der Waals surface area contributed by atoms with Crippen molar-refractivity contribution < 1.29 is 13.6 Å². The van der Waals surface area contributed by atoms with Crippen molar-refractivity contribution in [3.63, 3.8) is 0 Å². The molecule has 2 heterocycles. The number of carbonyl (C=O) groups excluding carboxylic acids is 1. The number of thiazole rings is 1. The SMILES string of the molecule is CCNc1nc2c(s1)C(c1ccc(F)c(F)c1)CC(=O)N2. The predicted octanol–water partition coefficient (Wildman–Crippen LogP) is 3.33. The highest BCUT2D eigenvalue weighted by Crippen LogP contribution is 2.42. The van der Waals surface area contributed by atoms with Gasteiger partial charge in [0.1, 0.15) is 5.82 Å². The van der Waals surface area contributed by atoms with Gasteiger partial charge in [-0.3, -0.25) is 4.79 Å². The number of fused-ring (bicyclic) bond motifs is 1. The molecule has 2 N–H and O–H groups in total. The lowest BCUT2D eigenvalue weighted by molar-refractivity contribution is -0.116. The number of nitrogens with one attached hydrogen (secondary N) is 2. The number of hydrogen-bond acceptors (Lipinski definition) is 4. The molecular weight excluding hydrogens is 296 g/mol. The molecule has 0 radical (unpaired) electrons. The number of hydrogen-bond donors (Lipinski definition) is 2. The Bertz CT molecular complexity index is 702. The third kappa shape index (κ3) is 2.61. The first kappa shape index (κ1) is 13.9. The van der Waals surface area contributed by atoms with Gasteiger partial charge in [-0.15, -0.1) is 0 Å². The van der Waals surface area contributed by atoms with Gasteiger partial charge in [0.15, 0.2) is 16.8 Å². The van der Waals surface area contributed by atoms with E-state index in [0.29, 0.717) is 16.5 Å². The highest BCUT2D eigenvalue weighted by Gasteiger charge is 2.30. The fourth-order valence-electron chi connectivity index (χ4n) is 2.34. The Morgan fingerprint density at radius 1 is 1.43 bits per heavy atom. The molecule has 0 spiro atoms. The second-order valence-electron chi connectivity index (χ2n) is 4.74. The summed E-state index contributed by atoms with van der Waals surface area (Å²) in [5, 5.41) is 6.52. The standard InChI is InChI=1S/C14H13F2N3OS/c1-2-17-14-19-13-12(21-14)8(6-11(20)18-13)7-3-4-9(15)10(16)5-7/h3-5,8H,2,6H2,1H3,(H,17,19)(H,18,20). The van der Waals surface area contributed by atoms with Crippen LogP contribution in [-0.2, 0) is 4.79 Å². The van der Waals surface area contributed by atoms with Crippen molar-refractivity contribution in [3.8, 4) is 0 Å². The van der Waals surface area contributed by atoms with E-state index in [4.69, 9.17) is 0 Å². The summed E-state index contributed by atoms with van der Waals surface area (Å²) >= 11 is 1.42. The van der Waals surface area contributed by atoms with E-state index in [-0.39, 0.29) is 18.2 Å². The van der Waals surface area contributed by atoms with Gasteiger partial charge in [0.25, 0.3) is 0 Å². The van der Waals surface area contributed by atoms with Gasteiger partial charge >= 0.3 is 0 Å². The van der Waals surface area contributed by atoms with E-state index in [1.54, 1.807) is 0 Å². The number of aromatic nitrogens is 1. The number of anilines is 2. The zero-order chi connectivity index (χ0) is 15.0. The Morgan fingerprint density at radius 3 is 2.95 bits per heavy atom. The second kappa shape index (κ2) is 5.40. The minimum absolute atomic E-state index is 0.175. The molecule has 7 heteroatoms. The molecule has 110 valence electrons. The zero-order valence-corrected chi connectivity index (χ0v) is 12.1. The Balaban J connectivity index is 2.03. The number of halogens is 2. The van der Waals surface area contributed by atoms with Gasteiger partial charge in [-0.25, -0.2) is 13.8 Å². The molecule has 0 fully saturated rings. The van der Waals surface area contributed by atoms with Crippen molar-refractivity contribution >= 4 is 28.2 Å². The summed E-state index contributed by atoms with van der Waals surface area (Å²) in [6, 6.07) is 3.75. The molecule has 3 rings (SSSR count). The van der Waals surface area contributed by atoms with Crippen LogP contribution in [0.4, 0.5) is 19.7 Å². The third-order valence-electron chi connectivity index (χ3n) is 3.29. The van der Waals surface area contributed by atoms with Crippen LogP contribution >= 0.6 is 11.3 Å². The molecule has 2 aromatic rings. The molecule has 1 unspecified atom stereocenters. The fraction of sp³-hybridized carbons (Fsp3) is 0.286. The number of nitrogens with zero attached hydrogens (tertiary/aromatic N) is 1. The van der Waals surface area contributed by atoms with Crippen molar-refractivity contribution in [2.24, 2.45) is 0 Å². The van der Waals surface area contributed by atoms with Crippen molar-refractivity contribution in [2.75, 3.05) is 17.2 Å². The van der Waals surface area contributed by atoms with Crippen LogP contribution in [0, 0.1) is 11.6 Å². The minimum atomic E-state index is -0.906. The lowest BCUT2D eigenvalue weighted by Crippen LogP contribution is -2.22. The topological polar surface area (TPSA) is 54.0 Å². The van der Waals surface area contributed by atoms with E-state index in [9.17, 15) is 13.6 Å². The highest BCUT2D eigenvalue weighted by molar-refractivity contribution is 7.16. The first-order valence-corrected chi connectivity index (χ1v) is 7.39. The number of carbonyl (C=O) groups is 1. The first-order chi connectivity index (χ1) is 10.1. The quantitative estimate of drug-likeness (QED) is 0.914. The normalized spacial score (nSPS) is 17.3. The van der Waals surface area contributed by atoms with Crippen LogP contribution in [0.5, 0.6) is 0 Å². The average molecular weight is 309 g/mol. The van der Waals surface area contributed by atoms with E-state index in [1.165, 1.54) is 17.4 Å². The molecule has 1 aliphatic heterocycles. The summed E-state index contributed by atoms with van der Waals surface area (Å²) in [7, 11) is 0. The molecule has 1 amide bonds. The lowest BCUT2D eigenvalue weighted by atomic mass is 9.91. The molecule has 0 bridgehead atoms. The number of amides is 1. The Hall–Kier alpha value is -2.02. The lowest BCUT2D eigenvalue weighted by Gasteiger charge is -2.21. The van der Waals surface area contributed by atoms with E-state index in [1.807, 2.05) is 6.92 Å². The summed E-state index contributed by atoms with van der Waals surface area (Å²) < 4.78 is 26.5. The van der Waals surface area contributed by atoms with Gasteiger partial charge < -0.3 is 10.6 Å². The van der Waals surface area contributed by atoms with Crippen LogP contribution in [0.15, 0.2) is 18.2 Å². The van der Waals surface area contributed by atoms with Crippen molar-refractivity contribution in [2.45, 2.75) is 19.3 Å². The minimum Gasteiger partial charge on any atom is -0.362 e. The Kier molecular flexibility index (Phi) is 3.59. The highest BCUT2D eigenvalue weighted by atomic mass is 32.1. The Morgan fingerprint density at radius 2 is 2.24 bits per heavy atom. The molecule has 0 aliphatic carbocycles. The summed E-state index contributed by atoms with van der Waals surface area (Å²) in [6.07, 6.45) is 0.200. The van der Waals surface area contributed by atoms with E-state index < -0.39 is 11.6 Å². The van der Waals surface area contributed by atoms with Crippen LogP contribution in [0.25, 0.3) is 0 Å². The summed E-state index contributed by atoms with van der Waals surface area (Å²) in [6.45, 7) is 2.67. The molecule has 0 saturated carbocycles. The van der Waals surface area contributed by atoms with Gasteiger partial charge in [-0.05, 0) is 24.6 Å². The molecule has 1 atom stereocenters. The molecule has 0 saturated heterocycles. The van der Waals surface area contributed by atoms with Crippen molar-refractivity contribution in [3.05, 3.63) is 40.3 Å². The summed E-state index contributed by atoms with van der Waals surface area (Å²) in [4.78, 5) is 17.0. The van der Waals surface area contributed by atoms with Crippen LogP contribution in [-0.4, -0.2) is 17.4 Å². The zero-order valence-electron chi connectivity index (χ0n) is 11.2. The molecule has 1 aliphatic rings. The van der Waals surface area contributed by atoms with Crippen molar-refractivity contribution in [1.82, 2.24) is 4.98 Å². The van der Waals surface area contributed by atoms with Gasteiger partial charge in [0, 0.05) is 18.9 Å². The van der Waals surface area contributed by atoms with E-state index in [2.05, 4.69) is 15.6 Å². The smallest absolute Gasteiger partial charge is 0.226 e. The molecular formula is C14H13F2N3OS. The van der Waals surface area contributed by atoms with E-state index in [0.717, 1.165) is 23.6 Å². The van der Waals surface area contributed by atoms with Crippen LogP contribution < -0.4 is 10.6 Å². The van der Waals surface area contributed by atoms with Gasteiger partial charge in [-0.2, -0.15) is 0 Å². The molecule has 1 aromatic carbocycles. The number of rotatable bonds is 3. The summed E-state index contributed by atoms with van der Waals surface area (Å²) in [5.41, 5.74) is 0.580. The molecule has 21 heavy (non-hydrogen) atoms. The fourth-order valence-corrected chi connectivity index (χ4v) is 3.46. The van der Waals surface area contributed by atoms with Crippen molar-refractivity contribution in [1.29, 1.82) is 0 Å². The number of benzene rings is 1.